The number of nitrogens with zero attached hydrogens (tertiary/aromatic N) is 2. The maximum absolute atomic E-state index is 13.8. The zero-order valence-corrected chi connectivity index (χ0v) is 19.6. The first kappa shape index (κ1) is 22.8. The van der Waals surface area contributed by atoms with Gasteiger partial charge in [-0.1, -0.05) is 20.8 Å². The number of carbonyl (C=O) groups excluding carboxylic acids is 3. The van der Waals surface area contributed by atoms with E-state index in [2.05, 4.69) is 20.8 Å². The summed E-state index contributed by atoms with van der Waals surface area (Å²) in [6.07, 6.45) is 5.17. The number of hydrogen-bond donors (Lipinski definition) is 0. The van der Waals surface area contributed by atoms with E-state index in [9.17, 15) is 14.4 Å². The Kier molecular flexibility index (Phi) is 7.22. The minimum atomic E-state index is -0.561. The molecule has 0 unspecified atom stereocenters. The highest BCUT2D eigenvalue weighted by molar-refractivity contribution is 7.14. The number of thiophene rings is 1. The summed E-state index contributed by atoms with van der Waals surface area (Å²) < 4.78 is 5.03. The number of ether oxygens (including phenoxy) is 1. The van der Waals surface area contributed by atoms with Crippen molar-refractivity contribution in [3.8, 4) is 0 Å². The molecule has 0 N–H and O–H groups in total. The van der Waals surface area contributed by atoms with Crippen molar-refractivity contribution in [2.75, 3.05) is 25.6 Å². The van der Waals surface area contributed by atoms with Gasteiger partial charge in [-0.15, -0.1) is 11.3 Å². The van der Waals surface area contributed by atoms with Crippen molar-refractivity contribution < 1.29 is 19.1 Å². The summed E-state index contributed by atoms with van der Waals surface area (Å²) in [5.41, 5.74) is 0.549. The van der Waals surface area contributed by atoms with E-state index in [0.717, 1.165) is 37.0 Å². The molecule has 2 fully saturated rings. The normalized spacial score (nSPS) is 24.8. The third-order valence-electron chi connectivity index (χ3n) is 6.48. The van der Waals surface area contributed by atoms with Gasteiger partial charge in [0, 0.05) is 24.4 Å². The van der Waals surface area contributed by atoms with Crippen molar-refractivity contribution in [1.82, 2.24) is 4.90 Å². The summed E-state index contributed by atoms with van der Waals surface area (Å²) >= 11 is 1.37. The van der Waals surface area contributed by atoms with Gasteiger partial charge in [0.05, 0.1) is 12.8 Å². The number of methoxy groups -OCH3 is 1. The van der Waals surface area contributed by atoms with Crippen LogP contribution in [0.2, 0.25) is 0 Å². The van der Waals surface area contributed by atoms with Crippen molar-refractivity contribution in [2.24, 2.45) is 11.8 Å². The molecule has 2 aliphatic rings. The number of carbonyl (C=O) groups is 3. The number of piperidine rings is 1. The van der Waals surface area contributed by atoms with E-state index in [4.69, 9.17) is 4.74 Å². The van der Waals surface area contributed by atoms with Gasteiger partial charge >= 0.3 is 5.97 Å². The van der Waals surface area contributed by atoms with Crippen LogP contribution >= 0.6 is 11.3 Å². The molecular weight excluding hydrogens is 400 g/mol. The Bertz CT molecular complexity index is 795. The van der Waals surface area contributed by atoms with Gasteiger partial charge in [-0.05, 0) is 56.4 Å². The first-order valence-corrected chi connectivity index (χ1v) is 11.9. The number of rotatable bonds is 5. The van der Waals surface area contributed by atoms with Gasteiger partial charge in [0.1, 0.15) is 10.9 Å². The largest absolute Gasteiger partial charge is 0.465 e. The van der Waals surface area contributed by atoms with Gasteiger partial charge in [0.15, 0.2) is 0 Å². The fourth-order valence-electron chi connectivity index (χ4n) is 4.50. The lowest BCUT2D eigenvalue weighted by Gasteiger charge is -2.39. The molecule has 2 heterocycles. The van der Waals surface area contributed by atoms with Gasteiger partial charge in [-0.2, -0.15) is 0 Å². The van der Waals surface area contributed by atoms with Crippen LogP contribution in [0.5, 0.6) is 0 Å². The number of likely N-dealkylation sites (N-methyl/N-ethyl adjacent to an activating group) is 1. The zero-order valence-electron chi connectivity index (χ0n) is 18.8. The van der Waals surface area contributed by atoms with Crippen LogP contribution < -0.4 is 4.90 Å². The van der Waals surface area contributed by atoms with Crippen molar-refractivity contribution in [3.05, 3.63) is 15.8 Å². The molecule has 0 spiro atoms. The molecule has 3 rings (SSSR count). The van der Waals surface area contributed by atoms with Crippen LogP contribution in [-0.2, 0) is 14.3 Å². The van der Waals surface area contributed by atoms with Crippen molar-refractivity contribution >= 4 is 34.8 Å². The third kappa shape index (κ3) is 4.56. The molecule has 1 aliphatic heterocycles. The summed E-state index contributed by atoms with van der Waals surface area (Å²) in [6.45, 7) is 7.04. The van der Waals surface area contributed by atoms with Crippen LogP contribution in [-0.4, -0.2) is 49.4 Å². The highest BCUT2D eigenvalue weighted by Gasteiger charge is 2.41. The standard InChI is InChI=1S/C23H34N2O4S/c1-14(2)19-13-18(20(30-19)23(28)29-5)25(17-7-6-12-24(4)22(17)27)21(26)16-10-8-15(3)9-11-16/h13-17H,6-12H2,1-5H3/t15?,16?,17-/m0/s1. The van der Waals surface area contributed by atoms with E-state index in [1.807, 2.05) is 6.07 Å². The zero-order chi connectivity index (χ0) is 22.0. The second-order valence-corrected chi connectivity index (χ2v) is 10.2. The summed E-state index contributed by atoms with van der Waals surface area (Å²) in [4.78, 5) is 44.3. The fraction of sp³-hybridized carbons (Fsp3) is 0.696. The molecule has 0 aromatic carbocycles. The van der Waals surface area contributed by atoms with E-state index < -0.39 is 12.0 Å². The second-order valence-electron chi connectivity index (χ2n) is 9.09. The Labute approximate surface area is 183 Å². The number of hydrogen-bond acceptors (Lipinski definition) is 5. The number of anilines is 1. The molecule has 1 aliphatic carbocycles. The van der Waals surface area contributed by atoms with Crippen molar-refractivity contribution in [3.63, 3.8) is 0 Å². The molecule has 0 radical (unpaired) electrons. The molecule has 1 saturated heterocycles. The maximum Gasteiger partial charge on any atom is 0.350 e. The van der Waals surface area contributed by atoms with Gasteiger partial charge in [-0.3, -0.25) is 14.5 Å². The number of amides is 2. The smallest absolute Gasteiger partial charge is 0.350 e. The minimum absolute atomic E-state index is 0.0196. The van der Waals surface area contributed by atoms with Crippen LogP contribution in [0.4, 0.5) is 5.69 Å². The average molecular weight is 435 g/mol. The average Bonchev–Trinajstić information content (AvgIpc) is 3.16. The van der Waals surface area contributed by atoms with Crippen LogP contribution in [0.3, 0.4) is 0 Å². The lowest BCUT2D eigenvalue weighted by molar-refractivity contribution is -0.136. The first-order valence-electron chi connectivity index (χ1n) is 11.0. The molecule has 0 bridgehead atoms. The molecule has 1 aromatic heterocycles. The summed E-state index contributed by atoms with van der Waals surface area (Å²) in [5.74, 6) is 0.219. The van der Waals surface area contributed by atoms with Crippen LogP contribution in [0.15, 0.2) is 6.07 Å². The molecule has 166 valence electrons. The topological polar surface area (TPSA) is 66.9 Å². The lowest BCUT2D eigenvalue weighted by atomic mass is 9.82. The second kappa shape index (κ2) is 9.50. The van der Waals surface area contributed by atoms with Gasteiger partial charge in [0.25, 0.3) is 0 Å². The summed E-state index contributed by atoms with van der Waals surface area (Å²) in [7, 11) is 3.14. The Morgan fingerprint density at radius 1 is 1.20 bits per heavy atom. The minimum Gasteiger partial charge on any atom is -0.465 e. The van der Waals surface area contributed by atoms with Gasteiger partial charge in [-0.25, -0.2) is 4.79 Å². The van der Waals surface area contributed by atoms with E-state index in [1.54, 1.807) is 16.8 Å². The lowest BCUT2D eigenvalue weighted by Crippen LogP contribution is -2.55. The number of likely N-dealkylation sites (tertiary alicyclic amines) is 1. The van der Waals surface area contributed by atoms with E-state index in [0.29, 0.717) is 29.4 Å². The van der Waals surface area contributed by atoms with Crippen molar-refractivity contribution in [1.29, 1.82) is 0 Å². The molecular formula is C23H34N2O4S. The Balaban J connectivity index is 2.06. The summed E-state index contributed by atoms with van der Waals surface area (Å²) in [6, 6.07) is 1.36. The van der Waals surface area contributed by atoms with Crippen LogP contribution in [0.25, 0.3) is 0 Å². The van der Waals surface area contributed by atoms with Crippen LogP contribution in [0.1, 0.15) is 79.8 Å². The molecule has 7 heteroatoms. The highest BCUT2D eigenvalue weighted by atomic mass is 32.1. The number of esters is 1. The molecule has 6 nitrogen and oxygen atoms in total. The van der Waals surface area contributed by atoms with E-state index in [-0.39, 0.29) is 23.7 Å². The Morgan fingerprint density at radius 2 is 1.87 bits per heavy atom. The SMILES string of the molecule is COC(=O)c1sc(C(C)C)cc1N(C(=O)C1CCC(C)CC1)[C@H]1CCCN(C)C1=O. The highest BCUT2D eigenvalue weighted by Crippen LogP contribution is 2.39. The van der Waals surface area contributed by atoms with Crippen molar-refractivity contribution in [2.45, 2.75) is 71.3 Å². The third-order valence-corrected chi connectivity index (χ3v) is 7.88. The van der Waals surface area contributed by atoms with Crippen LogP contribution in [0, 0.1) is 11.8 Å². The molecule has 1 atom stereocenters. The Morgan fingerprint density at radius 3 is 2.47 bits per heavy atom. The predicted molar refractivity (Wildman–Crippen MR) is 119 cm³/mol. The monoisotopic (exact) mass is 434 g/mol. The quantitative estimate of drug-likeness (QED) is 0.643. The van der Waals surface area contributed by atoms with Gasteiger partial charge < -0.3 is 9.64 Å². The summed E-state index contributed by atoms with van der Waals surface area (Å²) in [5, 5.41) is 0. The van der Waals surface area contributed by atoms with E-state index >= 15 is 0 Å². The molecule has 1 aromatic rings. The molecule has 30 heavy (non-hydrogen) atoms. The fourth-order valence-corrected chi connectivity index (χ4v) is 5.57. The molecule has 2 amide bonds. The van der Waals surface area contributed by atoms with E-state index in [1.165, 1.54) is 18.4 Å². The molecule has 1 saturated carbocycles. The first-order chi connectivity index (χ1) is 14.2. The Hall–Kier alpha value is -1.89. The predicted octanol–water partition coefficient (Wildman–Crippen LogP) is 4.44. The van der Waals surface area contributed by atoms with Gasteiger partial charge in [0.2, 0.25) is 11.8 Å². The maximum atomic E-state index is 13.8.